The number of fused-ring (bicyclic) bond motifs is 1. The minimum atomic E-state index is -0.516. The summed E-state index contributed by atoms with van der Waals surface area (Å²) in [6, 6.07) is 10.4. The number of amides is 2. The van der Waals surface area contributed by atoms with Crippen molar-refractivity contribution in [2.75, 3.05) is 11.9 Å². The molecule has 0 saturated heterocycles. The lowest BCUT2D eigenvalue weighted by Gasteiger charge is -2.19. The first kappa shape index (κ1) is 21.3. The van der Waals surface area contributed by atoms with Crippen LogP contribution in [0.2, 0.25) is 0 Å². The van der Waals surface area contributed by atoms with Gasteiger partial charge in [-0.25, -0.2) is 9.67 Å². The second-order valence-electron chi connectivity index (χ2n) is 8.08. The van der Waals surface area contributed by atoms with Crippen LogP contribution in [0.15, 0.2) is 47.0 Å². The van der Waals surface area contributed by atoms with Crippen molar-refractivity contribution in [2.45, 2.75) is 33.7 Å². The maximum absolute atomic E-state index is 13.6. The molecule has 1 aromatic carbocycles. The molecule has 4 rings (SSSR count). The molecular weight excluding hydrogens is 406 g/mol. The monoisotopic (exact) mass is 431 g/mol. The standard InChI is InChI=1S/C24H25N5O3/c1-13(2)29-23-20(12-26-29)19(11-21(27-23)18-10-14(3)32-15(18)4)24(31)28(5)17-8-6-16(7-9-17)22(25)30/h6-13H,1-5H3,(H2,25,30). The fourth-order valence-electron chi connectivity index (χ4n) is 3.74. The van der Waals surface area contributed by atoms with E-state index in [4.69, 9.17) is 15.1 Å². The predicted octanol–water partition coefficient (Wildman–Crippen LogP) is 4.26. The first-order chi connectivity index (χ1) is 15.2. The van der Waals surface area contributed by atoms with E-state index in [0.29, 0.717) is 33.5 Å². The summed E-state index contributed by atoms with van der Waals surface area (Å²) in [4.78, 5) is 31.3. The normalized spacial score (nSPS) is 11.3. The fraction of sp³-hybridized carbons (Fsp3) is 0.250. The lowest BCUT2D eigenvalue weighted by atomic mass is 10.1. The smallest absolute Gasteiger partial charge is 0.258 e. The molecule has 32 heavy (non-hydrogen) atoms. The van der Waals surface area contributed by atoms with Gasteiger partial charge < -0.3 is 15.1 Å². The van der Waals surface area contributed by atoms with Crippen LogP contribution in [0.5, 0.6) is 0 Å². The summed E-state index contributed by atoms with van der Waals surface area (Å²) in [5, 5.41) is 5.14. The molecule has 0 fully saturated rings. The number of pyridine rings is 1. The van der Waals surface area contributed by atoms with Crippen LogP contribution < -0.4 is 10.6 Å². The van der Waals surface area contributed by atoms with Crippen molar-refractivity contribution in [3.63, 3.8) is 0 Å². The molecule has 0 spiro atoms. The number of aromatic nitrogens is 3. The van der Waals surface area contributed by atoms with Crippen molar-refractivity contribution < 1.29 is 14.0 Å². The van der Waals surface area contributed by atoms with Crippen LogP contribution in [0.1, 0.15) is 52.1 Å². The molecule has 0 atom stereocenters. The number of nitrogens with zero attached hydrogens (tertiary/aromatic N) is 4. The van der Waals surface area contributed by atoms with Crippen molar-refractivity contribution in [1.29, 1.82) is 0 Å². The third-order valence-corrected chi connectivity index (χ3v) is 5.45. The van der Waals surface area contributed by atoms with Gasteiger partial charge >= 0.3 is 0 Å². The fourth-order valence-corrected chi connectivity index (χ4v) is 3.74. The van der Waals surface area contributed by atoms with E-state index in [1.54, 1.807) is 48.3 Å². The van der Waals surface area contributed by atoms with E-state index in [9.17, 15) is 9.59 Å². The van der Waals surface area contributed by atoms with E-state index < -0.39 is 5.91 Å². The second kappa shape index (κ2) is 7.96. The molecule has 4 aromatic rings. The highest BCUT2D eigenvalue weighted by Gasteiger charge is 2.23. The number of hydrogen-bond donors (Lipinski definition) is 1. The average molecular weight is 431 g/mol. The van der Waals surface area contributed by atoms with Gasteiger partial charge in [0.1, 0.15) is 11.5 Å². The van der Waals surface area contributed by atoms with E-state index in [1.807, 2.05) is 33.8 Å². The number of aryl methyl sites for hydroxylation is 2. The number of nitrogens with two attached hydrogens (primary N) is 1. The first-order valence-electron chi connectivity index (χ1n) is 10.3. The Labute approximate surface area is 185 Å². The Morgan fingerprint density at radius 3 is 2.38 bits per heavy atom. The summed E-state index contributed by atoms with van der Waals surface area (Å²) in [7, 11) is 1.69. The van der Waals surface area contributed by atoms with Gasteiger partial charge in [-0.05, 0) is 64.1 Å². The van der Waals surface area contributed by atoms with Gasteiger partial charge in [0.2, 0.25) is 5.91 Å². The van der Waals surface area contributed by atoms with E-state index in [-0.39, 0.29) is 11.9 Å². The molecule has 2 amide bonds. The van der Waals surface area contributed by atoms with Gasteiger partial charge in [-0.15, -0.1) is 0 Å². The molecule has 3 heterocycles. The molecule has 0 aliphatic carbocycles. The highest BCUT2D eigenvalue weighted by Crippen LogP contribution is 2.31. The largest absolute Gasteiger partial charge is 0.466 e. The van der Waals surface area contributed by atoms with E-state index in [1.165, 1.54) is 4.90 Å². The van der Waals surface area contributed by atoms with Gasteiger partial charge in [0, 0.05) is 29.9 Å². The zero-order valence-electron chi connectivity index (χ0n) is 18.7. The molecule has 8 nitrogen and oxygen atoms in total. The third-order valence-electron chi connectivity index (χ3n) is 5.45. The van der Waals surface area contributed by atoms with Gasteiger partial charge in [-0.1, -0.05) is 0 Å². The summed E-state index contributed by atoms with van der Waals surface area (Å²) in [5.74, 6) is 0.777. The molecule has 8 heteroatoms. The van der Waals surface area contributed by atoms with E-state index in [0.717, 1.165) is 17.1 Å². The van der Waals surface area contributed by atoms with Crippen LogP contribution in [-0.4, -0.2) is 33.6 Å². The maximum Gasteiger partial charge on any atom is 0.258 e. The number of carbonyl (C=O) groups is 2. The van der Waals surface area contributed by atoms with Crippen molar-refractivity contribution in [3.05, 3.63) is 65.2 Å². The Morgan fingerprint density at radius 1 is 1.12 bits per heavy atom. The van der Waals surface area contributed by atoms with Crippen LogP contribution >= 0.6 is 0 Å². The summed E-state index contributed by atoms with van der Waals surface area (Å²) >= 11 is 0. The number of benzene rings is 1. The Balaban J connectivity index is 1.85. The van der Waals surface area contributed by atoms with Gasteiger partial charge in [-0.3, -0.25) is 9.59 Å². The predicted molar refractivity (Wildman–Crippen MR) is 123 cm³/mol. The minimum absolute atomic E-state index is 0.0736. The molecule has 164 valence electrons. The number of hydrogen-bond acceptors (Lipinski definition) is 5. The van der Waals surface area contributed by atoms with Crippen molar-refractivity contribution in [3.8, 4) is 11.3 Å². The lowest BCUT2D eigenvalue weighted by Crippen LogP contribution is -2.26. The molecule has 0 radical (unpaired) electrons. The summed E-state index contributed by atoms with van der Waals surface area (Å²) in [6.07, 6.45) is 1.68. The third kappa shape index (κ3) is 3.64. The number of furan rings is 1. The molecule has 0 aliphatic rings. The van der Waals surface area contributed by atoms with Gasteiger partial charge in [0.25, 0.3) is 5.91 Å². The average Bonchev–Trinajstić information content (AvgIpc) is 3.34. The molecule has 0 bridgehead atoms. The van der Waals surface area contributed by atoms with Crippen LogP contribution in [0.4, 0.5) is 5.69 Å². The van der Waals surface area contributed by atoms with E-state index in [2.05, 4.69) is 5.10 Å². The van der Waals surface area contributed by atoms with Crippen molar-refractivity contribution in [2.24, 2.45) is 5.73 Å². The Bertz CT molecular complexity index is 1330. The molecule has 2 N–H and O–H groups in total. The minimum Gasteiger partial charge on any atom is -0.466 e. The number of carbonyl (C=O) groups excluding carboxylic acids is 2. The Hall–Kier alpha value is -3.94. The summed E-state index contributed by atoms with van der Waals surface area (Å²) in [5.41, 5.74) is 8.94. The maximum atomic E-state index is 13.6. The Kier molecular flexibility index (Phi) is 5.30. The van der Waals surface area contributed by atoms with Gasteiger partial charge in [0.05, 0.1) is 22.8 Å². The van der Waals surface area contributed by atoms with Crippen LogP contribution in [0.25, 0.3) is 22.3 Å². The van der Waals surface area contributed by atoms with Gasteiger partial charge in [0.15, 0.2) is 5.65 Å². The molecule has 0 aliphatic heterocycles. The van der Waals surface area contributed by atoms with Crippen molar-refractivity contribution in [1.82, 2.24) is 14.8 Å². The quantitative estimate of drug-likeness (QED) is 0.508. The van der Waals surface area contributed by atoms with Crippen LogP contribution in [0, 0.1) is 13.8 Å². The zero-order chi connectivity index (χ0) is 23.2. The molecule has 0 unspecified atom stereocenters. The molecule has 0 saturated carbocycles. The number of primary amides is 1. The first-order valence-corrected chi connectivity index (χ1v) is 10.3. The second-order valence-corrected chi connectivity index (χ2v) is 8.08. The topological polar surface area (TPSA) is 107 Å². The molecular formula is C24H25N5O3. The SMILES string of the molecule is Cc1cc(-c2cc(C(=O)N(C)c3ccc(C(N)=O)cc3)c3cnn(C(C)C)c3n2)c(C)o1. The summed E-state index contributed by atoms with van der Waals surface area (Å²) < 4.78 is 7.50. The van der Waals surface area contributed by atoms with Crippen LogP contribution in [-0.2, 0) is 0 Å². The number of anilines is 1. The lowest BCUT2D eigenvalue weighted by molar-refractivity contribution is 0.0990. The zero-order valence-corrected chi connectivity index (χ0v) is 18.7. The van der Waals surface area contributed by atoms with Gasteiger partial charge in [-0.2, -0.15) is 5.10 Å². The van der Waals surface area contributed by atoms with Crippen molar-refractivity contribution >= 4 is 28.5 Å². The van der Waals surface area contributed by atoms with E-state index >= 15 is 0 Å². The summed E-state index contributed by atoms with van der Waals surface area (Å²) in [6.45, 7) is 7.79. The highest BCUT2D eigenvalue weighted by atomic mass is 16.3. The number of rotatable bonds is 5. The highest BCUT2D eigenvalue weighted by molar-refractivity contribution is 6.13. The molecule has 3 aromatic heterocycles. The van der Waals surface area contributed by atoms with Crippen LogP contribution in [0.3, 0.4) is 0 Å². The Morgan fingerprint density at radius 2 is 1.81 bits per heavy atom.